The molecule has 2 N–H and O–H groups in total. The Hall–Kier alpha value is -1.32. The molecule has 1 aromatic heterocycles. The number of aromatic nitrogens is 1. The van der Waals surface area contributed by atoms with Crippen molar-refractivity contribution in [2.45, 2.75) is 27.0 Å². The van der Waals surface area contributed by atoms with Crippen molar-refractivity contribution in [1.82, 2.24) is 4.57 Å². The molecule has 0 aliphatic rings. The second-order valence-corrected chi connectivity index (χ2v) is 3.70. The number of nitrogens with two attached hydrogens (primary N) is 1. The first kappa shape index (κ1) is 10.2. The fourth-order valence-electron chi connectivity index (χ4n) is 2.15. The van der Waals surface area contributed by atoms with Gasteiger partial charge in [0.05, 0.1) is 12.1 Å². The zero-order valence-corrected chi connectivity index (χ0v) is 9.16. The first-order chi connectivity index (χ1) is 7.27. The Kier molecular flexibility index (Phi) is 2.75. The maximum Gasteiger partial charge on any atom is 0.0950 e. The third-order valence-corrected chi connectivity index (χ3v) is 2.77. The molecule has 0 bridgehead atoms. The standard InChI is InChI=1S/C12H16N2O/c1-3-14-9(2)7-10-5-4-6-11(8-15-13)12(10)14/h4-7H,3,8,13H2,1-2H3. The zero-order chi connectivity index (χ0) is 10.8. The third kappa shape index (κ3) is 1.64. The van der Waals surface area contributed by atoms with E-state index in [1.54, 1.807) is 0 Å². The van der Waals surface area contributed by atoms with Gasteiger partial charge in [-0.25, -0.2) is 5.90 Å². The highest BCUT2D eigenvalue weighted by atomic mass is 16.6. The van der Waals surface area contributed by atoms with Crippen molar-refractivity contribution in [2.24, 2.45) is 5.90 Å². The van der Waals surface area contributed by atoms with Crippen molar-refractivity contribution in [3.8, 4) is 0 Å². The molecular formula is C12H16N2O. The van der Waals surface area contributed by atoms with Crippen LogP contribution in [0.4, 0.5) is 0 Å². The zero-order valence-electron chi connectivity index (χ0n) is 9.16. The van der Waals surface area contributed by atoms with Crippen molar-refractivity contribution >= 4 is 10.9 Å². The van der Waals surface area contributed by atoms with Crippen LogP contribution in [0.2, 0.25) is 0 Å². The van der Waals surface area contributed by atoms with Crippen LogP contribution in [0, 0.1) is 6.92 Å². The second-order valence-electron chi connectivity index (χ2n) is 3.70. The number of nitrogens with zero attached hydrogens (tertiary/aromatic N) is 1. The van der Waals surface area contributed by atoms with Gasteiger partial charge in [-0.05, 0) is 19.9 Å². The van der Waals surface area contributed by atoms with E-state index in [9.17, 15) is 0 Å². The van der Waals surface area contributed by atoms with E-state index >= 15 is 0 Å². The predicted octanol–water partition coefficient (Wildman–Crippen LogP) is 2.36. The van der Waals surface area contributed by atoms with Crippen LogP contribution < -0.4 is 5.90 Å². The van der Waals surface area contributed by atoms with Gasteiger partial charge in [0.25, 0.3) is 0 Å². The molecule has 15 heavy (non-hydrogen) atoms. The van der Waals surface area contributed by atoms with Gasteiger partial charge >= 0.3 is 0 Å². The van der Waals surface area contributed by atoms with Crippen molar-refractivity contribution in [2.75, 3.05) is 0 Å². The Labute approximate surface area is 89.4 Å². The largest absolute Gasteiger partial charge is 0.345 e. The quantitative estimate of drug-likeness (QED) is 0.780. The molecule has 0 saturated heterocycles. The Bertz CT molecular complexity index is 474. The highest BCUT2D eigenvalue weighted by Crippen LogP contribution is 2.23. The molecule has 0 aliphatic heterocycles. The molecule has 0 fully saturated rings. The van der Waals surface area contributed by atoms with E-state index in [0.717, 1.165) is 12.1 Å². The molecule has 0 radical (unpaired) electrons. The van der Waals surface area contributed by atoms with Gasteiger partial charge < -0.3 is 4.57 Å². The van der Waals surface area contributed by atoms with Gasteiger partial charge in [-0.3, -0.25) is 4.84 Å². The van der Waals surface area contributed by atoms with Crippen LogP contribution in [-0.4, -0.2) is 4.57 Å². The number of benzene rings is 1. The fourth-order valence-corrected chi connectivity index (χ4v) is 2.15. The molecule has 0 amide bonds. The number of hydrogen-bond donors (Lipinski definition) is 1. The number of fused-ring (bicyclic) bond motifs is 1. The molecule has 2 rings (SSSR count). The molecule has 0 unspecified atom stereocenters. The number of hydrogen-bond acceptors (Lipinski definition) is 2. The van der Waals surface area contributed by atoms with E-state index in [2.05, 4.69) is 36.6 Å². The Balaban J connectivity index is 2.70. The molecule has 80 valence electrons. The molecule has 0 spiro atoms. The summed E-state index contributed by atoms with van der Waals surface area (Å²) >= 11 is 0. The maximum absolute atomic E-state index is 5.14. The molecule has 2 aromatic rings. The minimum absolute atomic E-state index is 0.459. The summed E-state index contributed by atoms with van der Waals surface area (Å²) in [6.07, 6.45) is 0. The Morgan fingerprint density at radius 1 is 1.40 bits per heavy atom. The third-order valence-electron chi connectivity index (χ3n) is 2.77. The van der Waals surface area contributed by atoms with Crippen LogP contribution in [0.1, 0.15) is 18.2 Å². The van der Waals surface area contributed by atoms with Crippen molar-refractivity contribution in [3.63, 3.8) is 0 Å². The lowest BCUT2D eigenvalue weighted by Gasteiger charge is -2.08. The van der Waals surface area contributed by atoms with Gasteiger partial charge in [0.15, 0.2) is 0 Å². The van der Waals surface area contributed by atoms with Gasteiger partial charge in [-0.2, -0.15) is 0 Å². The molecular weight excluding hydrogens is 188 g/mol. The van der Waals surface area contributed by atoms with E-state index in [1.165, 1.54) is 16.6 Å². The second kappa shape index (κ2) is 4.04. The molecule has 0 atom stereocenters. The number of rotatable bonds is 3. The van der Waals surface area contributed by atoms with E-state index in [4.69, 9.17) is 10.7 Å². The minimum Gasteiger partial charge on any atom is -0.345 e. The van der Waals surface area contributed by atoms with Gasteiger partial charge in [0.2, 0.25) is 0 Å². The normalized spacial score (nSPS) is 11.1. The Morgan fingerprint density at radius 2 is 2.20 bits per heavy atom. The van der Waals surface area contributed by atoms with Crippen LogP contribution in [0.5, 0.6) is 0 Å². The topological polar surface area (TPSA) is 40.2 Å². The van der Waals surface area contributed by atoms with Crippen molar-refractivity contribution in [1.29, 1.82) is 0 Å². The van der Waals surface area contributed by atoms with Crippen LogP contribution >= 0.6 is 0 Å². The van der Waals surface area contributed by atoms with E-state index < -0.39 is 0 Å². The maximum atomic E-state index is 5.14. The fraction of sp³-hybridized carbons (Fsp3) is 0.333. The van der Waals surface area contributed by atoms with Gasteiger partial charge in [0, 0.05) is 23.2 Å². The van der Waals surface area contributed by atoms with Crippen LogP contribution in [0.3, 0.4) is 0 Å². The molecule has 3 nitrogen and oxygen atoms in total. The van der Waals surface area contributed by atoms with E-state index in [1.807, 2.05) is 6.07 Å². The summed E-state index contributed by atoms with van der Waals surface area (Å²) in [7, 11) is 0. The van der Waals surface area contributed by atoms with Crippen LogP contribution in [0.15, 0.2) is 24.3 Å². The summed E-state index contributed by atoms with van der Waals surface area (Å²) < 4.78 is 2.28. The summed E-state index contributed by atoms with van der Waals surface area (Å²) in [5.74, 6) is 5.14. The highest BCUT2D eigenvalue weighted by Gasteiger charge is 2.08. The van der Waals surface area contributed by atoms with Gasteiger partial charge in [-0.1, -0.05) is 18.2 Å². The van der Waals surface area contributed by atoms with Gasteiger partial charge in [0.1, 0.15) is 0 Å². The summed E-state index contributed by atoms with van der Waals surface area (Å²) in [6.45, 7) is 5.70. The summed E-state index contributed by atoms with van der Waals surface area (Å²) in [4.78, 5) is 4.73. The number of aryl methyl sites for hydroxylation is 2. The SMILES string of the molecule is CCn1c(C)cc2cccc(CON)c21. The average molecular weight is 204 g/mol. The first-order valence-corrected chi connectivity index (χ1v) is 5.17. The molecule has 0 saturated carbocycles. The number of para-hydroxylation sites is 1. The van der Waals surface area contributed by atoms with E-state index in [0.29, 0.717) is 6.61 Å². The van der Waals surface area contributed by atoms with Crippen LogP contribution in [-0.2, 0) is 18.0 Å². The van der Waals surface area contributed by atoms with Crippen LogP contribution in [0.25, 0.3) is 10.9 Å². The predicted molar refractivity (Wildman–Crippen MR) is 61.3 cm³/mol. The van der Waals surface area contributed by atoms with Crippen molar-refractivity contribution < 1.29 is 4.84 Å². The molecule has 0 aliphatic carbocycles. The van der Waals surface area contributed by atoms with E-state index in [-0.39, 0.29) is 0 Å². The first-order valence-electron chi connectivity index (χ1n) is 5.17. The molecule has 1 aromatic carbocycles. The summed E-state index contributed by atoms with van der Waals surface area (Å²) in [5, 5.41) is 1.25. The smallest absolute Gasteiger partial charge is 0.0950 e. The van der Waals surface area contributed by atoms with Gasteiger partial charge in [-0.15, -0.1) is 0 Å². The summed E-state index contributed by atoms with van der Waals surface area (Å²) in [6, 6.07) is 8.41. The lowest BCUT2D eigenvalue weighted by atomic mass is 10.1. The lowest BCUT2D eigenvalue weighted by Crippen LogP contribution is -2.03. The molecule has 1 heterocycles. The van der Waals surface area contributed by atoms with Crippen molar-refractivity contribution in [3.05, 3.63) is 35.5 Å². The lowest BCUT2D eigenvalue weighted by molar-refractivity contribution is 0.125. The monoisotopic (exact) mass is 204 g/mol. The average Bonchev–Trinajstić information content (AvgIpc) is 2.55. The Morgan fingerprint density at radius 3 is 2.87 bits per heavy atom. The summed E-state index contributed by atoms with van der Waals surface area (Å²) in [5.41, 5.74) is 3.66. The highest BCUT2D eigenvalue weighted by molar-refractivity contribution is 5.84. The minimum atomic E-state index is 0.459. The molecule has 3 heteroatoms.